The minimum atomic E-state index is -0.241. The zero-order chi connectivity index (χ0) is 13.2. The summed E-state index contributed by atoms with van der Waals surface area (Å²) in [5, 5.41) is 3.96. The van der Waals surface area contributed by atoms with Crippen molar-refractivity contribution in [2.24, 2.45) is 5.92 Å². The molecule has 0 aliphatic heterocycles. The zero-order valence-corrected chi connectivity index (χ0v) is 10.9. The van der Waals surface area contributed by atoms with Crippen LogP contribution >= 0.6 is 0 Å². The van der Waals surface area contributed by atoms with Crippen LogP contribution in [-0.4, -0.2) is 19.6 Å². The van der Waals surface area contributed by atoms with Crippen molar-refractivity contribution in [3.8, 4) is 0 Å². The third-order valence-electron chi connectivity index (χ3n) is 3.46. The standard InChI is InChI=1S/C15H17NO3/c1-18-14(9-16-15(17)10-6-7-10)13-8-11-4-2-3-5-12(11)19-13/h2-5,8,10,14H,6-7,9H2,1H3,(H,16,17). The molecular weight excluding hydrogens is 242 g/mol. The van der Waals surface area contributed by atoms with Gasteiger partial charge in [0.05, 0.1) is 6.54 Å². The Balaban J connectivity index is 1.71. The summed E-state index contributed by atoms with van der Waals surface area (Å²) in [5.41, 5.74) is 0.841. The van der Waals surface area contributed by atoms with E-state index in [9.17, 15) is 4.79 Å². The van der Waals surface area contributed by atoms with Gasteiger partial charge in [-0.05, 0) is 25.0 Å². The van der Waals surface area contributed by atoms with Crippen molar-refractivity contribution in [1.29, 1.82) is 0 Å². The van der Waals surface area contributed by atoms with Gasteiger partial charge in [0.25, 0.3) is 0 Å². The first-order valence-corrected chi connectivity index (χ1v) is 6.57. The molecule has 2 aromatic rings. The van der Waals surface area contributed by atoms with Gasteiger partial charge in [-0.3, -0.25) is 4.79 Å². The summed E-state index contributed by atoms with van der Waals surface area (Å²) in [7, 11) is 1.63. The molecule has 1 amide bonds. The molecule has 1 N–H and O–H groups in total. The predicted molar refractivity (Wildman–Crippen MR) is 71.7 cm³/mol. The Morgan fingerprint density at radius 2 is 2.26 bits per heavy atom. The molecular formula is C15H17NO3. The topological polar surface area (TPSA) is 51.5 Å². The summed E-state index contributed by atoms with van der Waals surface area (Å²) < 4.78 is 11.2. The van der Waals surface area contributed by atoms with E-state index in [-0.39, 0.29) is 17.9 Å². The number of carbonyl (C=O) groups excluding carboxylic acids is 1. The largest absolute Gasteiger partial charge is 0.458 e. The Labute approximate surface area is 111 Å². The number of amides is 1. The fourth-order valence-electron chi connectivity index (χ4n) is 2.14. The second-order valence-corrected chi connectivity index (χ2v) is 4.93. The Morgan fingerprint density at radius 3 is 2.95 bits per heavy atom. The molecule has 1 fully saturated rings. The second kappa shape index (κ2) is 5.05. The average molecular weight is 259 g/mol. The molecule has 1 unspecified atom stereocenters. The monoisotopic (exact) mass is 259 g/mol. The lowest BCUT2D eigenvalue weighted by Gasteiger charge is -2.13. The zero-order valence-electron chi connectivity index (χ0n) is 10.9. The lowest BCUT2D eigenvalue weighted by atomic mass is 10.2. The number of furan rings is 1. The van der Waals surface area contributed by atoms with Gasteiger partial charge in [-0.25, -0.2) is 0 Å². The van der Waals surface area contributed by atoms with Gasteiger partial charge in [-0.2, -0.15) is 0 Å². The fourth-order valence-corrected chi connectivity index (χ4v) is 2.14. The van der Waals surface area contributed by atoms with Crippen LogP contribution in [0.5, 0.6) is 0 Å². The second-order valence-electron chi connectivity index (χ2n) is 4.93. The summed E-state index contributed by atoms with van der Waals surface area (Å²) in [6.07, 6.45) is 1.78. The van der Waals surface area contributed by atoms with Crippen LogP contribution < -0.4 is 5.32 Å². The van der Waals surface area contributed by atoms with Gasteiger partial charge in [-0.15, -0.1) is 0 Å². The molecule has 1 aliphatic carbocycles. The van der Waals surface area contributed by atoms with Crippen molar-refractivity contribution in [2.45, 2.75) is 18.9 Å². The summed E-state index contributed by atoms with van der Waals surface area (Å²) in [4.78, 5) is 11.6. The van der Waals surface area contributed by atoms with Crippen LogP contribution in [0.1, 0.15) is 24.7 Å². The normalized spacial score (nSPS) is 16.5. The number of para-hydroxylation sites is 1. The highest BCUT2D eigenvalue weighted by Gasteiger charge is 2.30. The summed E-state index contributed by atoms with van der Waals surface area (Å²) >= 11 is 0. The van der Waals surface area contributed by atoms with Crippen LogP contribution in [-0.2, 0) is 9.53 Å². The lowest BCUT2D eigenvalue weighted by molar-refractivity contribution is -0.122. The Kier molecular flexibility index (Phi) is 3.25. The summed E-state index contributed by atoms with van der Waals surface area (Å²) in [6.45, 7) is 0.450. The van der Waals surface area contributed by atoms with Crippen LogP contribution in [0.3, 0.4) is 0 Å². The molecule has 1 aromatic carbocycles. The van der Waals surface area contributed by atoms with Gasteiger partial charge >= 0.3 is 0 Å². The van der Waals surface area contributed by atoms with Crippen LogP contribution in [0.2, 0.25) is 0 Å². The first kappa shape index (κ1) is 12.2. The predicted octanol–water partition coefficient (Wildman–Crippen LogP) is 2.65. The van der Waals surface area contributed by atoms with Crippen LogP contribution in [0, 0.1) is 5.92 Å². The molecule has 1 aliphatic rings. The number of benzene rings is 1. The van der Waals surface area contributed by atoms with E-state index in [0.717, 1.165) is 29.6 Å². The summed E-state index contributed by atoms with van der Waals surface area (Å²) in [5.74, 6) is 1.09. The Bertz CT molecular complexity index is 553. The van der Waals surface area contributed by atoms with Gasteiger partial charge in [0.2, 0.25) is 5.91 Å². The minimum Gasteiger partial charge on any atom is -0.458 e. The number of fused-ring (bicyclic) bond motifs is 1. The highest BCUT2D eigenvalue weighted by atomic mass is 16.5. The third kappa shape index (κ3) is 2.63. The molecule has 1 heterocycles. The van der Waals surface area contributed by atoms with Crippen molar-refractivity contribution >= 4 is 16.9 Å². The molecule has 0 radical (unpaired) electrons. The molecule has 1 atom stereocenters. The molecule has 19 heavy (non-hydrogen) atoms. The minimum absolute atomic E-state index is 0.123. The van der Waals surface area contributed by atoms with E-state index in [1.54, 1.807) is 7.11 Å². The smallest absolute Gasteiger partial charge is 0.223 e. The average Bonchev–Trinajstić information content (AvgIpc) is 3.19. The van der Waals surface area contributed by atoms with Crippen molar-refractivity contribution in [3.05, 3.63) is 36.1 Å². The Morgan fingerprint density at radius 1 is 1.47 bits per heavy atom. The van der Waals surface area contributed by atoms with E-state index in [4.69, 9.17) is 9.15 Å². The lowest BCUT2D eigenvalue weighted by Crippen LogP contribution is -2.30. The highest BCUT2D eigenvalue weighted by molar-refractivity contribution is 5.81. The SMILES string of the molecule is COC(CNC(=O)C1CC1)c1cc2ccccc2o1. The summed E-state index contributed by atoms with van der Waals surface area (Å²) in [6, 6.07) is 9.80. The maximum Gasteiger partial charge on any atom is 0.223 e. The number of methoxy groups -OCH3 is 1. The molecule has 4 nitrogen and oxygen atoms in total. The van der Waals surface area contributed by atoms with E-state index < -0.39 is 0 Å². The number of hydrogen-bond acceptors (Lipinski definition) is 3. The van der Waals surface area contributed by atoms with E-state index >= 15 is 0 Å². The molecule has 3 rings (SSSR count). The fraction of sp³-hybridized carbons (Fsp3) is 0.400. The highest BCUT2D eigenvalue weighted by Crippen LogP contribution is 2.29. The van der Waals surface area contributed by atoms with Crippen molar-refractivity contribution < 1.29 is 13.9 Å². The number of carbonyl (C=O) groups is 1. The molecule has 0 bridgehead atoms. The van der Waals surface area contributed by atoms with Gasteiger partial charge in [0.15, 0.2) is 0 Å². The van der Waals surface area contributed by atoms with Crippen LogP contribution in [0.25, 0.3) is 11.0 Å². The first-order chi connectivity index (χ1) is 9.28. The van der Waals surface area contributed by atoms with Gasteiger partial charge in [0.1, 0.15) is 17.4 Å². The van der Waals surface area contributed by atoms with Gasteiger partial charge < -0.3 is 14.5 Å². The quantitative estimate of drug-likeness (QED) is 0.898. The van der Waals surface area contributed by atoms with Crippen LogP contribution in [0.15, 0.2) is 34.7 Å². The van der Waals surface area contributed by atoms with E-state index in [2.05, 4.69) is 5.32 Å². The molecule has 0 saturated heterocycles. The number of hydrogen-bond donors (Lipinski definition) is 1. The van der Waals surface area contributed by atoms with Crippen molar-refractivity contribution in [1.82, 2.24) is 5.32 Å². The van der Waals surface area contributed by atoms with Crippen molar-refractivity contribution in [3.63, 3.8) is 0 Å². The van der Waals surface area contributed by atoms with Crippen molar-refractivity contribution in [2.75, 3.05) is 13.7 Å². The maximum atomic E-state index is 11.6. The number of ether oxygens (including phenoxy) is 1. The maximum absolute atomic E-state index is 11.6. The molecule has 1 saturated carbocycles. The first-order valence-electron chi connectivity index (χ1n) is 6.57. The van der Waals surface area contributed by atoms with Gasteiger partial charge in [0, 0.05) is 18.4 Å². The Hall–Kier alpha value is -1.81. The number of nitrogens with one attached hydrogen (secondary N) is 1. The number of rotatable bonds is 5. The van der Waals surface area contributed by atoms with E-state index in [1.165, 1.54) is 0 Å². The van der Waals surface area contributed by atoms with Crippen LogP contribution in [0.4, 0.5) is 0 Å². The molecule has 100 valence electrons. The van der Waals surface area contributed by atoms with E-state index in [1.807, 2.05) is 30.3 Å². The molecule has 4 heteroatoms. The van der Waals surface area contributed by atoms with E-state index in [0.29, 0.717) is 6.54 Å². The van der Waals surface area contributed by atoms with Gasteiger partial charge in [-0.1, -0.05) is 18.2 Å². The molecule has 1 aromatic heterocycles. The molecule has 0 spiro atoms. The third-order valence-corrected chi connectivity index (χ3v) is 3.46.